The van der Waals surface area contributed by atoms with Crippen LogP contribution in [-0.4, -0.2) is 31.1 Å². The van der Waals surface area contributed by atoms with Crippen LogP contribution in [0.25, 0.3) is 11.0 Å². The van der Waals surface area contributed by atoms with E-state index < -0.39 is 6.04 Å². The molecular formula is C29H27NO5. The predicted octanol–water partition coefficient (Wildman–Crippen LogP) is 5.38. The molecule has 0 N–H and O–H groups in total. The number of carbonyl (C=O) groups excluding carboxylic acids is 1. The standard InChI is InChI=1S/C29H27NO5/c1-3-17-34-22-8-6-7-20(18-22)26-25-27(31)23-9-4-5-10-24(23)35-28(25)29(32)30(26)16-15-19-11-13-21(33-2)14-12-19/h4-14,18,26H,3,15-17H2,1-2H3/t26-/m0/s1. The summed E-state index contributed by atoms with van der Waals surface area (Å²) >= 11 is 0. The molecule has 6 heteroatoms. The summed E-state index contributed by atoms with van der Waals surface area (Å²) in [6.07, 6.45) is 1.51. The molecule has 0 radical (unpaired) electrons. The van der Waals surface area contributed by atoms with Crippen LogP contribution in [0.3, 0.4) is 0 Å². The predicted molar refractivity (Wildman–Crippen MR) is 134 cm³/mol. The van der Waals surface area contributed by atoms with E-state index in [0.29, 0.717) is 41.9 Å². The minimum atomic E-state index is -0.554. The number of hydrogen-bond acceptors (Lipinski definition) is 5. The molecule has 178 valence electrons. The third kappa shape index (κ3) is 4.28. The molecule has 6 nitrogen and oxygen atoms in total. The van der Waals surface area contributed by atoms with Gasteiger partial charge in [-0.2, -0.15) is 0 Å². The average molecular weight is 470 g/mol. The minimum Gasteiger partial charge on any atom is -0.497 e. The number of methoxy groups -OCH3 is 1. The Morgan fingerprint density at radius 1 is 0.943 bits per heavy atom. The van der Waals surface area contributed by atoms with Gasteiger partial charge in [0.25, 0.3) is 5.91 Å². The van der Waals surface area contributed by atoms with Crippen LogP contribution in [0.4, 0.5) is 0 Å². The third-order valence-electron chi connectivity index (χ3n) is 6.32. The molecule has 1 aliphatic rings. The summed E-state index contributed by atoms with van der Waals surface area (Å²) in [5, 5.41) is 0.472. The summed E-state index contributed by atoms with van der Waals surface area (Å²) in [7, 11) is 1.63. The van der Waals surface area contributed by atoms with E-state index in [1.807, 2.05) is 55.5 Å². The Bertz CT molecular complexity index is 1420. The van der Waals surface area contributed by atoms with Crippen molar-refractivity contribution in [2.75, 3.05) is 20.3 Å². The maximum Gasteiger partial charge on any atom is 0.290 e. The summed E-state index contributed by atoms with van der Waals surface area (Å²) in [6, 6.07) is 21.9. The minimum absolute atomic E-state index is 0.119. The smallest absolute Gasteiger partial charge is 0.290 e. The van der Waals surface area contributed by atoms with Crippen LogP contribution >= 0.6 is 0 Å². The van der Waals surface area contributed by atoms with Crippen LogP contribution in [0.5, 0.6) is 11.5 Å². The van der Waals surface area contributed by atoms with E-state index in [2.05, 4.69) is 0 Å². The summed E-state index contributed by atoms with van der Waals surface area (Å²) in [5.41, 5.74) is 2.52. The lowest BCUT2D eigenvalue weighted by molar-refractivity contribution is 0.0730. The van der Waals surface area contributed by atoms with E-state index in [4.69, 9.17) is 13.9 Å². The van der Waals surface area contributed by atoms with E-state index in [1.54, 1.807) is 36.3 Å². The molecule has 1 aromatic heterocycles. The molecule has 2 heterocycles. The first-order valence-electron chi connectivity index (χ1n) is 11.8. The van der Waals surface area contributed by atoms with Gasteiger partial charge in [-0.05, 0) is 60.4 Å². The quantitative estimate of drug-likeness (QED) is 0.347. The number of benzene rings is 3. The molecule has 35 heavy (non-hydrogen) atoms. The van der Waals surface area contributed by atoms with Crippen LogP contribution in [0.1, 0.15) is 46.6 Å². The first-order chi connectivity index (χ1) is 17.1. The highest BCUT2D eigenvalue weighted by Crippen LogP contribution is 2.39. The second-order valence-corrected chi connectivity index (χ2v) is 8.59. The van der Waals surface area contributed by atoms with Gasteiger partial charge in [0.1, 0.15) is 17.1 Å². The molecule has 0 aliphatic carbocycles. The fraction of sp³-hybridized carbons (Fsp3) is 0.241. The van der Waals surface area contributed by atoms with Gasteiger partial charge in [0.05, 0.1) is 30.7 Å². The monoisotopic (exact) mass is 469 g/mol. The number of amides is 1. The van der Waals surface area contributed by atoms with Crippen LogP contribution < -0.4 is 14.9 Å². The van der Waals surface area contributed by atoms with Gasteiger partial charge in [-0.15, -0.1) is 0 Å². The zero-order chi connectivity index (χ0) is 24.4. The molecule has 0 fully saturated rings. The van der Waals surface area contributed by atoms with Crippen molar-refractivity contribution in [3.05, 3.63) is 105 Å². The SMILES string of the molecule is CCCOc1cccc([C@H]2c3c(oc4ccccc4c3=O)C(=O)N2CCc2ccc(OC)cc2)c1. The van der Waals surface area contributed by atoms with E-state index in [1.165, 1.54) is 0 Å². The van der Waals surface area contributed by atoms with E-state index in [9.17, 15) is 9.59 Å². The zero-order valence-electron chi connectivity index (χ0n) is 19.8. The Hall–Kier alpha value is -4.06. The Morgan fingerprint density at radius 2 is 1.74 bits per heavy atom. The van der Waals surface area contributed by atoms with Gasteiger partial charge in [-0.25, -0.2) is 0 Å². The van der Waals surface area contributed by atoms with Gasteiger partial charge in [-0.3, -0.25) is 9.59 Å². The Morgan fingerprint density at radius 3 is 2.51 bits per heavy atom. The maximum absolute atomic E-state index is 13.6. The highest BCUT2D eigenvalue weighted by Gasteiger charge is 2.42. The number of nitrogens with zero attached hydrogens (tertiary/aromatic N) is 1. The van der Waals surface area contributed by atoms with Gasteiger partial charge >= 0.3 is 0 Å². The molecule has 5 rings (SSSR count). The molecule has 0 unspecified atom stereocenters. The number of para-hydroxylation sites is 1. The van der Waals surface area contributed by atoms with E-state index >= 15 is 0 Å². The number of fused-ring (bicyclic) bond motifs is 2. The fourth-order valence-corrected chi connectivity index (χ4v) is 4.58. The zero-order valence-corrected chi connectivity index (χ0v) is 19.8. The van der Waals surface area contributed by atoms with Crippen molar-refractivity contribution >= 4 is 16.9 Å². The van der Waals surface area contributed by atoms with Gasteiger partial charge in [0, 0.05) is 6.54 Å². The molecule has 3 aromatic carbocycles. The van der Waals surface area contributed by atoms with Crippen LogP contribution in [0.2, 0.25) is 0 Å². The fourth-order valence-electron chi connectivity index (χ4n) is 4.58. The van der Waals surface area contributed by atoms with Crippen molar-refractivity contribution in [3.63, 3.8) is 0 Å². The highest BCUT2D eigenvalue weighted by molar-refractivity contribution is 5.99. The normalized spacial score (nSPS) is 14.9. The Balaban J connectivity index is 1.57. The van der Waals surface area contributed by atoms with Crippen molar-refractivity contribution in [1.82, 2.24) is 4.90 Å². The van der Waals surface area contributed by atoms with Crippen LogP contribution in [0, 0.1) is 0 Å². The van der Waals surface area contributed by atoms with Gasteiger partial charge in [0.2, 0.25) is 5.76 Å². The number of carbonyl (C=O) groups is 1. The Labute approximate surface area is 203 Å². The topological polar surface area (TPSA) is 69.0 Å². The molecule has 4 aromatic rings. The second kappa shape index (κ2) is 9.66. The molecule has 1 aliphatic heterocycles. The lowest BCUT2D eigenvalue weighted by Gasteiger charge is -2.25. The average Bonchev–Trinajstić information content (AvgIpc) is 3.18. The summed E-state index contributed by atoms with van der Waals surface area (Å²) in [6.45, 7) is 3.07. The molecule has 0 bridgehead atoms. The van der Waals surface area contributed by atoms with Crippen LogP contribution in [0.15, 0.2) is 82.0 Å². The van der Waals surface area contributed by atoms with Crippen molar-refractivity contribution in [3.8, 4) is 11.5 Å². The first-order valence-corrected chi connectivity index (χ1v) is 11.8. The number of rotatable bonds is 8. The number of ether oxygens (including phenoxy) is 2. The summed E-state index contributed by atoms with van der Waals surface area (Å²) in [4.78, 5) is 28.9. The lowest BCUT2D eigenvalue weighted by atomic mass is 9.98. The van der Waals surface area contributed by atoms with Crippen molar-refractivity contribution in [2.24, 2.45) is 0 Å². The molecule has 0 saturated heterocycles. The molecule has 0 spiro atoms. The lowest BCUT2D eigenvalue weighted by Crippen LogP contribution is -2.31. The van der Waals surface area contributed by atoms with E-state index in [0.717, 1.165) is 23.3 Å². The highest BCUT2D eigenvalue weighted by atomic mass is 16.5. The van der Waals surface area contributed by atoms with Gasteiger partial charge < -0.3 is 18.8 Å². The molecule has 1 atom stereocenters. The first kappa shape index (κ1) is 22.7. The maximum atomic E-state index is 13.6. The van der Waals surface area contributed by atoms with Crippen molar-refractivity contribution in [1.29, 1.82) is 0 Å². The Kier molecular flexibility index (Phi) is 6.27. The van der Waals surface area contributed by atoms with Gasteiger partial charge in [-0.1, -0.05) is 43.3 Å². The summed E-state index contributed by atoms with van der Waals surface area (Å²) in [5.74, 6) is 1.33. The largest absolute Gasteiger partial charge is 0.497 e. The van der Waals surface area contributed by atoms with E-state index in [-0.39, 0.29) is 17.1 Å². The van der Waals surface area contributed by atoms with Gasteiger partial charge in [0.15, 0.2) is 5.43 Å². The molecule has 0 saturated carbocycles. The van der Waals surface area contributed by atoms with Crippen LogP contribution in [-0.2, 0) is 6.42 Å². The van der Waals surface area contributed by atoms with Crippen molar-refractivity contribution in [2.45, 2.75) is 25.8 Å². The molecule has 1 amide bonds. The number of hydrogen-bond donors (Lipinski definition) is 0. The third-order valence-corrected chi connectivity index (χ3v) is 6.32. The molecular weight excluding hydrogens is 442 g/mol. The second-order valence-electron chi connectivity index (χ2n) is 8.59. The van der Waals surface area contributed by atoms with Crippen molar-refractivity contribution < 1.29 is 18.7 Å². The summed E-state index contributed by atoms with van der Waals surface area (Å²) < 4.78 is 17.1.